The maximum Gasteiger partial charge on any atom is 0.196 e. The number of aryl methyl sites for hydroxylation is 2. The molecule has 2 rings (SSSR count). The number of Topliss-reactive ketones (excluding diaryl/α,β-unsaturated/α-hetero) is 1. The number of hydrogen-bond acceptors (Lipinski definition) is 4. The van der Waals surface area contributed by atoms with Gasteiger partial charge in [0.15, 0.2) is 5.78 Å². The maximum absolute atomic E-state index is 11.4. The summed E-state index contributed by atoms with van der Waals surface area (Å²) in [5.41, 5.74) is 3.40. The number of hydrogen-bond donors (Lipinski definition) is 0. The van der Waals surface area contributed by atoms with Crippen molar-refractivity contribution in [2.75, 3.05) is 5.88 Å². The van der Waals surface area contributed by atoms with Gasteiger partial charge in [-0.2, -0.15) is 5.10 Å². The second kappa shape index (κ2) is 4.58. The molecular weight excluding hydrogens is 258 g/mol. The van der Waals surface area contributed by atoms with Crippen molar-refractivity contribution in [2.45, 2.75) is 13.8 Å². The second-order valence-corrected chi connectivity index (χ2v) is 4.89. The Bertz CT molecular complexity index is 573. The summed E-state index contributed by atoms with van der Waals surface area (Å²) in [7, 11) is 1.89. The zero-order chi connectivity index (χ0) is 12.6. The molecule has 0 saturated heterocycles. The van der Waals surface area contributed by atoms with Crippen LogP contribution in [0.5, 0.6) is 0 Å². The van der Waals surface area contributed by atoms with Crippen LogP contribution in [0.4, 0.5) is 0 Å². The van der Waals surface area contributed by atoms with Crippen molar-refractivity contribution in [1.29, 1.82) is 0 Å². The minimum absolute atomic E-state index is 0.0336. The first kappa shape index (κ1) is 12.3. The van der Waals surface area contributed by atoms with Gasteiger partial charge in [-0.3, -0.25) is 9.48 Å². The van der Waals surface area contributed by atoms with E-state index in [9.17, 15) is 4.79 Å². The van der Waals surface area contributed by atoms with Gasteiger partial charge in [0, 0.05) is 18.1 Å². The third kappa shape index (κ3) is 2.12. The molecule has 0 saturated carbocycles. The number of ketones is 1. The predicted molar refractivity (Wildman–Crippen MR) is 68.8 cm³/mol. The van der Waals surface area contributed by atoms with Gasteiger partial charge in [-0.25, -0.2) is 4.98 Å². The maximum atomic E-state index is 11.4. The van der Waals surface area contributed by atoms with Crippen molar-refractivity contribution in [3.8, 4) is 10.6 Å². The van der Waals surface area contributed by atoms with Gasteiger partial charge in [-0.05, 0) is 13.8 Å². The molecule has 0 radical (unpaired) electrons. The average molecular weight is 270 g/mol. The lowest BCUT2D eigenvalue weighted by molar-refractivity contribution is 0.101. The molecule has 0 fully saturated rings. The number of rotatable bonds is 3. The molecule has 0 aliphatic carbocycles. The molecule has 6 heteroatoms. The van der Waals surface area contributed by atoms with Gasteiger partial charge in [0.05, 0.1) is 17.1 Å². The van der Waals surface area contributed by atoms with Gasteiger partial charge in [-0.1, -0.05) is 0 Å². The monoisotopic (exact) mass is 269 g/mol. The first-order chi connectivity index (χ1) is 8.04. The van der Waals surface area contributed by atoms with Crippen LogP contribution in [0, 0.1) is 13.8 Å². The first-order valence-corrected chi connectivity index (χ1v) is 6.51. The summed E-state index contributed by atoms with van der Waals surface area (Å²) >= 11 is 6.95. The Kier molecular flexibility index (Phi) is 3.31. The van der Waals surface area contributed by atoms with Crippen LogP contribution in [0.1, 0.15) is 21.9 Å². The lowest BCUT2D eigenvalue weighted by Gasteiger charge is -1.96. The van der Waals surface area contributed by atoms with Gasteiger partial charge in [0.25, 0.3) is 0 Å². The number of thiazole rings is 1. The minimum atomic E-state index is -0.145. The van der Waals surface area contributed by atoms with Crippen LogP contribution in [0.15, 0.2) is 5.38 Å². The zero-order valence-electron chi connectivity index (χ0n) is 9.82. The van der Waals surface area contributed by atoms with E-state index in [1.54, 1.807) is 5.38 Å². The largest absolute Gasteiger partial charge is 0.291 e. The average Bonchev–Trinajstić information content (AvgIpc) is 2.85. The highest BCUT2D eigenvalue weighted by Gasteiger charge is 2.17. The summed E-state index contributed by atoms with van der Waals surface area (Å²) in [4.78, 5) is 15.7. The highest BCUT2D eigenvalue weighted by molar-refractivity contribution is 7.13. The third-order valence-electron chi connectivity index (χ3n) is 2.63. The van der Waals surface area contributed by atoms with Crippen LogP contribution in [0.25, 0.3) is 10.6 Å². The molecule has 0 aliphatic rings. The van der Waals surface area contributed by atoms with Crippen molar-refractivity contribution >= 4 is 28.7 Å². The van der Waals surface area contributed by atoms with Crippen molar-refractivity contribution < 1.29 is 4.79 Å². The Labute approximate surface area is 108 Å². The Morgan fingerprint density at radius 3 is 2.76 bits per heavy atom. The van der Waals surface area contributed by atoms with Crippen molar-refractivity contribution in [1.82, 2.24) is 14.8 Å². The number of halogens is 1. The van der Waals surface area contributed by atoms with Crippen molar-refractivity contribution in [3.05, 3.63) is 22.5 Å². The van der Waals surface area contributed by atoms with Crippen LogP contribution in [-0.2, 0) is 7.05 Å². The molecule has 2 aromatic heterocycles. The highest BCUT2D eigenvalue weighted by Crippen LogP contribution is 2.29. The van der Waals surface area contributed by atoms with Crippen LogP contribution < -0.4 is 0 Å². The van der Waals surface area contributed by atoms with Gasteiger partial charge >= 0.3 is 0 Å². The fraction of sp³-hybridized carbons (Fsp3) is 0.364. The fourth-order valence-corrected chi connectivity index (χ4v) is 2.78. The summed E-state index contributed by atoms with van der Waals surface area (Å²) in [6.07, 6.45) is 0. The van der Waals surface area contributed by atoms with Crippen LogP contribution in [-0.4, -0.2) is 26.4 Å². The number of alkyl halides is 1. The summed E-state index contributed by atoms with van der Waals surface area (Å²) < 4.78 is 1.81. The standard InChI is InChI=1S/C11H12ClN3OS/c1-6-10(7(2)15(3)14-6)11-13-8(5-17-11)9(16)4-12/h5H,4H2,1-3H3. The topological polar surface area (TPSA) is 47.8 Å². The molecular formula is C11H12ClN3OS. The van der Waals surface area contributed by atoms with Crippen LogP contribution in [0.2, 0.25) is 0 Å². The number of carbonyl (C=O) groups is 1. The lowest BCUT2D eigenvalue weighted by Crippen LogP contribution is -2.00. The summed E-state index contributed by atoms with van der Waals surface area (Å²) in [5.74, 6) is -0.179. The molecule has 90 valence electrons. The number of aromatic nitrogens is 3. The van der Waals surface area contributed by atoms with Gasteiger partial charge < -0.3 is 0 Å². The Morgan fingerprint density at radius 1 is 1.53 bits per heavy atom. The van der Waals surface area contributed by atoms with Crippen molar-refractivity contribution in [3.63, 3.8) is 0 Å². The van der Waals surface area contributed by atoms with Crippen LogP contribution >= 0.6 is 22.9 Å². The van der Waals surface area contributed by atoms with E-state index in [-0.39, 0.29) is 11.7 Å². The van der Waals surface area contributed by atoms with Crippen molar-refractivity contribution in [2.24, 2.45) is 7.05 Å². The van der Waals surface area contributed by atoms with E-state index in [4.69, 9.17) is 11.6 Å². The SMILES string of the molecule is Cc1nn(C)c(C)c1-c1nc(C(=O)CCl)cs1. The fourth-order valence-electron chi connectivity index (χ4n) is 1.67. The van der Waals surface area contributed by atoms with Gasteiger partial charge in [0.2, 0.25) is 0 Å². The van der Waals surface area contributed by atoms with Gasteiger partial charge in [-0.15, -0.1) is 22.9 Å². The molecule has 0 unspecified atom stereocenters. The molecule has 2 heterocycles. The summed E-state index contributed by atoms with van der Waals surface area (Å²) in [5, 5.41) is 6.90. The van der Waals surface area contributed by atoms with Crippen LogP contribution in [0.3, 0.4) is 0 Å². The molecule has 0 atom stereocenters. The number of carbonyl (C=O) groups excluding carboxylic acids is 1. The Balaban J connectivity index is 2.47. The lowest BCUT2D eigenvalue weighted by atomic mass is 10.2. The van der Waals surface area contributed by atoms with E-state index in [2.05, 4.69) is 10.1 Å². The highest BCUT2D eigenvalue weighted by atomic mass is 35.5. The van der Waals surface area contributed by atoms with E-state index >= 15 is 0 Å². The van der Waals surface area contributed by atoms with E-state index in [1.807, 2.05) is 25.6 Å². The van der Waals surface area contributed by atoms with E-state index < -0.39 is 0 Å². The number of nitrogens with zero attached hydrogens (tertiary/aromatic N) is 3. The second-order valence-electron chi connectivity index (χ2n) is 3.76. The first-order valence-electron chi connectivity index (χ1n) is 5.10. The molecule has 0 N–H and O–H groups in total. The zero-order valence-corrected chi connectivity index (χ0v) is 11.4. The normalized spacial score (nSPS) is 10.8. The molecule has 0 spiro atoms. The minimum Gasteiger partial charge on any atom is -0.291 e. The molecule has 4 nitrogen and oxygen atoms in total. The van der Waals surface area contributed by atoms with E-state index in [0.29, 0.717) is 5.69 Å². The molecule has 0 amide bonds. The smallest absolute Gasteiger partial charge is 0.196 e. The summed E-state index contributed by atoms with van der Waals surface area (Å²) in [6.45, 7) is 3.92. The third-order valence-corrected chi connectivity index (χ3v) is 3.74. The summed E-state index contributed by atoms with van der Waals surface area (Å²) in [6, 6.07) is 0. The van der Waals surface area contributed by atoms with E-state index in [1.165, 1.54) is 11.3 Å². The molecule has 2 aromatic rings. The Morgan fingerprint density at radius 2 is 2.24 bits per heavy atom. The molecule has 0 aromatic carbocycles. The molecule has 17 heavy (non-hydrogen) atoms. The molecule has 0 bridgehead atoms. The van der Waals surface area contributed by atoms with E-state index in [0.717, 1.165) is 22.0 Å². The Hall–Kier alpha value is -1.20. The predicted octanol–water partition coefficient (Wildman–Crippen LogP) is 2.58. The quantitative estimate of drug-likeness (QED) is 0.636. The van der Waals surface area contributed by atoms with Gasteiger partial charge in [0.1, 0.15) is 10.7 Å². The molecule has 0 aliphatic heterocycles.